The molecule has 0 amide bonds. The van der Waals surface area contributed by atoms with Crippen molar-refractivity contribution in [2.75, 3.05) is 11.8 Å². The molecule has 0 aliphatic heterocycles. The van der Waals surface area contributed by atoms with Crippen LogP contribution in [0.1, 0.15) is 16.8 Å². The van der Waals surface area contributed by atoms with Crippen LogP contribution in [0.4, 0.5) is 18.9 Å². The molecule has 0 unspecified atom stereocenters. The van der Waals surface area contributed by atoms with E-state index in [0.29, 0.717) is 22.7 Å². The molecule has 2 N–H and O–H groups in total. The van der Waals surface area contributed by atoms with E-state index in [-0.39, 0.29) is 22.1 Å². The maximum absolute atomic E-state index is 13.3. The minimum Gasteiger partial charge on any atom is -0.399 e. The predicted molar refractivity (Wildman–Crippen MR) is 125 cm³/mol. The van der Waals surface area contributed by atoms with E-state index >= 15 is 0 Å². The quantitative estimate of drug-likeness (QED) is 0.247. The van der Waals surface area contributed by atoms with Gasteiger partial charge in [-0.2, -0.15) is 13.2 Å². The monoisotopic (exact) mass is 543 g/mol. The minimum absolute atomic E-state index is 0.0125. The zero-order chi connectivity index (χ0) is 25.4. The van der Waals surface area contributed by atoms with E-state index in [1.807, 2.05) is 0 Å². The van der Waals surface area contributed by atoms with Gasteiger partial charge in [-0.25, -0.2) is 13.4 Å². The molecule has 0 aliphatic carbocycles. The van der Waals surface area contributed by atoms with Crippen molar-refractivity contribution in [1.29, 1.82) is 0 Å². The molecule has 0 bridgehead atoms. The fraction of sp³-hybridized carbons (Fsp3) is 0.0952. The third-order valence-electron chi connectivity index (χ3n) is 4.77. The number of anilines is 1. The van der Waals surface area contributed by atoms with E-state index < -0.39 is 31.7 Å². The standard InChI is InChI=1S/C21H14Cl2F3N5O3S/c1-34-30-18(13-4-6-27-20-14(13)5-7-28-20)19-17(8-11(22)10-29-19)31-35(32,33)12-2-3-16(23)15(9-12)21(24,25)26/h2-10,31H,1H3,(H,27,28)/b30-18+. The molecule has 14 heteroatoms. The molecular formula is C21H14Cl2F3N5O3S. The molecule has 8 nitrogen and oxygen atoms in total. The fourth-order valence-electron chi connectivity index (χ4n) is 3.28. The normalized spacial score (nSPS) is 12.7. The lowest BCUT2D eigenvalue weighted by atomic mass is 10.0. The number of rotatable bonds is 6. The van der Waals surface area contributed by atoms with E-state index in [4.69, 9.17) is 28.0 Å². The number of halogens is 5. The summed E-state index contributed by atoms with van der Waals surface area (Å²) in [4.78, 5) is 15.7. The van der Waals surface area contributed by atoms with Crippen LogP contribution in [-0.4, -0.2) is 36.2 Å². The molecule has 4 rings (SSSR count). The molecule has 182 valence electrons. The van der Waals surface area contributed by atoms with Crippen molar-refractivity contribution in [1.82, 2.24) is 15.0 Å². The van der Waals surface area contributed by atoms with Crippen molar-refractivity contribution >= 4 is 55.7 Å². The van der Waals surface area contributed by atoms with Crippen molar-refractivity contribution in [2.45, 2.75) is 11.1 Å². The summed E-state index contributed by atoms with van der Waals surface area (Å²) in [7, 11) is -3.24. The molecule has 3 aromatic heterocycles. The molecule has 0 saturated heterocycles. The largest absolute Gasteiger partial charge is 0.417 e. The second kappa shape index (κ2) is 9.36. The van der Waals surface area contributed by atoms with Gasteiger partial charge in [0.1, 0.15) is 24.2 Å². The van der Waals surface area contributed by atoms with Crippen LogP contribution in [0.3, 0.4) is 0 Å². The highest BCUT2D eigenvalue weighted by atomic mass is 35.5. The number of hydrogen-bond acceptors (Lipinski definition) is 6. The third kappa shape index (κ3) is 5.04. The molecule has 0 saturated carbocycles. The Morgan fingerprint density at radius 1 is 1.14 bits per heavy atom. The number of sulfonamides is 1. The number of aromatic nitrogens is 3. The van der Waals surface area contributed by atoms with Crippen LogP contribution in [0.25, 0.3) is 11.0 Å². The van der Waals surface area contributed by atoms with Crippen molar-refractivity contribution in [2.24, 2.45) is 5.16 Å². The number of aromatic amines is 1. The van der Waals surface area contributed by atoms with Crippen LogP contribution in [0.2, 0.25) is 10.0 Å². The molecule has 0 spiro atoms. The Bertz CT molecular complexity index is 1560. The summed E-state index contributed by atoms with van der Waals surface area (Å²) in [5, 5.41) is 4.09. The third-order valence-corrected chi connectivity index (χ3v) is 6.67. The first-order valence-corrected chi connectivity index (χ1v) is 11.8. The fourth-order valence-corrected chi connectivity index (χ4v) is 4.74. The number of oxime groups is 1. The molecule has 0 atom stereocenters. The maximum atomic E-state index is 13.3. The number of hydrogen-bond donors (Lipinski definition) is 2. The zero-order valence-corrected chi connectivity index (χ0v) is 19.9. The van der Waals surface area contributed by atoms with Gasteiger partial charge in [0, 0.05) is 29.5 Å². The lowest BCUT2D eigenvalue weighted by molar-refractivity contribution is -0.137. The van der Waals surface area contributed by atoms with Crippen molar-refractivity contribution in [3.63, 3.8) is 0 Å². The van der Waals surface area contributed by atoms with Gasteiger partial charge in [0.15, 0.2) is 0 Å². The molecular weight excluding hydrogens is 530 g/mol. The molecule has 4 aromatic rings. The van der Waals surface area contributed by atoms with Gasteiger partial charge in [0.25, 0.3) is 10.0 Å². The summed E-state index contributed by atoms with van der Waals surface area (Å²) in [5.74, 6) is 0. The molecule has 1 aromatic carbocycles. The lowest BCUT2D eigenvalue weighted by Gasteiger charge is -2.15. The van der Waals surface area contributed by atoms with Crippen molar-refractivity contribution in [3.05, 3.63) is 81.9 Å². The highest BCUT2D eigenvalue weighted by Gasteiger charge is 2.34. The van der Waals surface area contributed by atoms with E-state index in [1.54, 1.807) is 18.3 Å². The minimum atomic E-state index is -4.85. The van der Waals surface area contributed by atoms with Gasteiger partial charge in [-0.3, -0.25) is 9.71 Å². The first-order valence-electron chi connectivity index (χ1n) is 9.60. The number of fused-ring (bicyclic) bond motifs is 1. The van der Waals surface area contributed by atoms with Crippen LogP contribution in [-0.2, 0) is 21.0 Å². The van der Waals surface area contributed by atoms with E-state index in [9.17, 15) is 21.6 Å². The van der Waals surface area contributed by atoms with Crippen LogP contribution in [0, 0.1) is 0 Å². The lowest BCUT2D eigenvalue weighted by Crippen LogP contribution is -2.18. The smallest absolute Gasteiger partial charge is 0.399 e. The van der Waals surface area contributed by atoms with E-state index in [2.05, 4.69) is 24.8 Å². The number of alkyl halides is 3. The summed E-state index contributed by atoms with van der Waals surface area (Å²) >= 11 is 11.7. The second-order valence-electron chi connectivity index (χ2n) is 7.02. The molecule has 0 fully saturated rings. The van der Waals surface area contributed by atoms with Crippen LogP contribution in [0.15, 0.2) is 65.0 Å². The summed E-state index contributed by atoms with van der Waals surface area (Å²) < 4.78 is 68.2. The number of nitrogens with zero attached hydrogens (tertiary/aromatic N) is 3. The Morgan fingerprint density at radius 3 is 2.63 bits per heavy atom. The molecule has 35 heavy (non-hydrogen) atoms. The highest BCUT2D eigenvalue weighted by molar-refractivity contribution is 7.92. The first kappa shape index (κ1) is 24.8. The van der Waals surface area contributed by atoms with Gasteiger partial charge in [0.05, 0.1) is 26.2 Å². The van der Waals surface area contributed by atoms with Gasteiger partial charge in [-0.05, 0) is 36.4 Å². The Morgan fingerprint density at radius 2 is 1.91 bits per heavy atom. The van der Waals surface area contributed by atoms with Gasteiger partial charge < -0.3 is 9.82 Å². The second-order valence-corrected chi connectivity index (χ2v) is 9.54. The summed E-state index contributed by atoms with van der Waals surface area (Å²) in [6, 6.07) is 6.86. The zero-order valence-electron chi connectivity index (χ0n) is 17.6. The van der Waals surface area contributed by atoms with Gasteiger partial charge in [-0.1, -0.05) is 28.4 Å². The number of H-pyrrole nitrogens is 1. The number of pyridine rings is 2. The van der Waals surface area contributed by atoms with Crippen LogP contribution in [0.5, 0.6) is 0 Å². The first-order chi connectivity index (χ1) is 16.5. The Kier molecular flexibility index (Phi) is 6.62. The van der Waals surface area contributed by atoms with E-state index in [0.717, 1.165) is 12.1 Å². The van der Waals surface area contributed by atoms with Gasteiger partial charge in [0.2, 0.25) is 0 Å². The maximum Gasteiger partial charge on any atom is 0.417 e. The summed E-state index contributed by atoms with van der Waals surface area (Å²) in [5.41, 5.74) is -0.265. The van der Waals surface area contributed by atoms with Crippen molar-refractivity contribution < 1.29 is 26.4 Å². The average Bonchev–Trinajstić information content (AvgIpc) is 3.26. The molecule has 0 aliphatic rings. The average molecular weight is 544 g/mol. The van der Waals surface area contributed by atoms with Crippen LogP contribution < -0.4 is 4.72 Å². The predicted octanol–water partition coefficient (Wildman–Crippen LogP) is 5.48. The Labute approximate surface area is 206 Å². The molecule has 3 heterocycles. The number of nitrogens with one attached hydrogen (secondary N) is 2. The summed E-state index contributed by atoms with van der Waals surface area (Å²) in [6.45, 7) is 0. The van der Waals surface area contributed by atoms with Gasteiger partial charge in [-0.15, -0.1) is 0 Å². The Hall–Kier alpha value is -3.35. The van der Waals surface area contributed by atoms with E-state index in [1.165, 1.54) is 25.6 Å². The molecule has 0 radical (unpaired) electrons. The highest BCUT2D eigenvalue weighted by Crippen LogP contribution is 2.36. The number of benzene rings is 1. The van der Waals surface area contributed by atoms with Crippen LogP contribution >= 0.6 is 23.2 Å². The summed E-state index contributed by atoms with van der Waals surface area (Å²) in [6.07, 6.45) is -0.429. The topological polar surface area (TPSA) is 109 Å². The SMILES string of the molecule is CO/N=C(/c1ncc(Cl)cc1NS(=O)(=O)c1ccc(Cl)c(C(F)(F)F)c1)c1ccnc2[nH]ccc12. The Balaban J connectivity index is 1.84. The van der Waals surface area contributed by atoms with Gasteiger partial charge >= 0.3 is 6.18 Å². The van der Waals surface area contributed by atoms with Crippen molar-refractivity contribution in [3.8, 4) is 0 Å².